The molecule has 1 aromatic rings. The molecule has 1 heterocycles. The molecule has 2 atom stereocenters. The average molecular weight is 232 g/mol. The number of nitrogens with zero attached hydrogens (tertiary/aromatic N) is 1. The first-order chi connectivity index (χ1) is 8.33. The van der Waals surface area contributed by atoms with E-state index < -0.39 is 0 Å². The van der Waals surface area contributed by atoms with Crippen molar-refractivity contribution in [3.05, 3.63) is 30.3 Å². The van der Waals surface area contributed by atoms with Gasteiger partial charge in [-0.25, -0.2) is 0 Å². The van der Waals surface area contributed by atoms with Gasteiger partial charge in [-0.05, 0) is 37.9 Å². The number of rotatable bonds is 4. The number of hydrogen-bond donors (Lipinski definition) is 1. The van der Waals surface area contributed by atoms with Crippen molar-refractivity contribution in [1.29, 1.82) is 0 Å². The van der Waals surface area contributed by atoms with E-state index in [4.69, 9.17) is 0 Å². The lowest BCUT2D eigenvalue weighted by molar-refractivity contribution is 0.328. The van der Waals surface area contributed by atoms with Gasteiger partial charge >= 0.3 is 0 Å². The SMILES string of the molecule is CCCC1CC(NC)CN(c2ccccc2)C1. The van der Waals surface area contributed by atoms with E-state index in [9.17, 15) is 0 Å². The van der Waals surface area contributed by atoms with E-state index in [1.165, 1.54) is 31.5 Å². The smallest absolute Gasteiger partial charge is 0.0366 e. The molecule has 2 heteroatoms. The van der Waals surface area contributed by atoms with Crippen molar-refractivity contribution in [3.8, 4) is 0 Å². The Morgan fingerprint density at radius 2 is 2.00 bits per heavy atom. The zero-order valence-corrected chi connectivity index (χ0v) is 11.0. The molecule has 0 saturated carbocycles. The number of anilines is 1. The number of benzene rings is 1. The van der Waals surface area contributed by atoms with Crippen molar-refractivity contribution in [2.45, 2.75) is 32.2 Å². The summed E-state index contributed by atoms with van der Waals surface area (Å²) in [5, 5.41) is 3.45. The van der Waals surface area contributed by atoms with E-state index in [0.717, 1.165) is 12.5 Å². The number of nitrogens with one attached hydrogen (secondary N) is 1. The predicted octanol–water partition coefficient (Wildman–Crippen LogP) is 2.90. The molecule has 0 bridgehead atoms. The van der Waals surface area contributed by atoms with Crippen LogP contribution >= 0.6 is 0 Å². The Morgan fingerprint density at radius 1 is 1.24 bits per heavy atom. The third-order valence-electron chi connectivity index (χ3n) is 3.76. The number of para-hydroxylation sites is 1. The third-order valence-corrected chi connectivity index (χ3v) is 3.76. The van der Waals surface area contributed by atoms with Gasteiger partial charge in [0.15, 0.2) is 0 Å². The van der Waals surface area contributed by atoms with Gasteiger partial charge in [-0.2, -0.15) is 0 Å². The second-order valence-electron chi connectivity index (χ2n) is 5.12. The van der Waals surface area contributed by atoms with Gasteiger partial charge in [0.1, 0.15) is 0 Å². The maximum absolute atomic E-state index is 3.45. The number of piperidine rings is 1. The molecule has 1 aliphatic rings. The van der Waals surface area contributed by atoms with Crippen molar-refractivity contribution in [1.82, 2.24) is 5.32 Å². The Bertz CT molecular complexity index is 323. The van der Waals surface area contributed by atoms with E-state index >= 15 is 0 Å². The fourth-order valence-corrected chi connectivity index (χ4v) is 2.88. The first kappa shape index (κ1) is 12.4. The Hall–Kier alpha value is -1.02. The van der Waals surface area contributed by atoms with Crippen LogP contribution in [-0.4, -0.2) is 26.2 Å². The molecule has 0 amide bonds. The zero-order valence-electron chi connectivity index (χ0n) is 11.0. The van der Waals surface area contributed by atoms with Crippen LogP contribution in [0.4, 0.5) is 5.69 Å². The lowest BCUT2D eigenvalue weighted by Crippen LogP contribution is -2.48. The summed E-state index contributed by atoms with van der Waals surface area (Å²) in [5.41, 5.74) is 1.37. The van der Waals surface area contributed by atoms with Crippen LogP contribution in [0.2, 0.25) is 0 Å². The molecule has 1 N–H and O–H groups in total. The molecule has 1 fully saturated rings. The molecular weight excluding hydrogens is 208 g/mol. The average Bonchev–Trinajstić information content (AvgIpc) is 2.40. The van der Waals surface area contributed by atoms with Crippen LogP contribution in [-0.2, 0) is 0 Å². The third kappa shape index (κ3) is 3.22. The van der Waals surface area contributed by atoms with E-state index in [1.54, 1.807) is 0 Å². The number of likely N-dealkylation sites (N-methyl/N-ethyl adjacent to an activating group) is 1. The summed E-state index contributed by atoms with van der Waals surface area (Å²) in [6, 6.07) is 11.4. The Balaban J connectivity index is 2.06. The van der Waals surface area contributed by atoms with Gasteiger partial charge in [-0.1, -0.05) is 31.5 Å². The van der Waals surface area contributed by atoms with Crippen LogP contribution in [0.3, 0.4) is 0 Å². The molecule has 1 aliphatic heterocycles. The van der Waals surface area contributed by atoms with Crippen LogP contribution in [0.25, 0.3) is 0 Å². The van der Waals surface area contributed by atoms with Crippen molar-refractivity contribution >= 4 is 5.69 Å². The first-order valence-electron chi connectivity index (χ1n) is 6.80. The van der Waals surface area contributed by atoms with Crippen molar-refractivity contribution < 1.29 is 0 Å². The molecule has 0 radical (unpaired) electrons. The summed E-state index contributed by atoms with van der Waals surface area (Å²) in [6.45, 7) is 4.65. The first-order valence-corrected chi connectivity index (χ1v) is 6.80. The maximum atomic E-state index is 3.45. The predicted molar refractivity (Wildman–Crippen MR) is 74.5 cm³/mol. The topological polar surface area (TPSA) is 15.3 Å². The Morgan fingerprint density at radius 3 is 2.65 bits per heavy atom. The molecule has 17 heavy (non-hydrogen) atoms. The second-order valence-corrected chi connectivity index (χ2v) is 5.12. The van der Waals surface area contributed by atoms with E-state index in [0.29, 0.717) is 6.04 Å². The minimum absolute atomic E-state index is 0.639. The fraction of sp³-hybridized carbons (Fsp3) is 0.600. The summed E-state index contributed by atoms with van der Waals surface area (Å²) < 4.78 is 0. The van der Waals surface area contributed by atoms with Crippen LogP contribution in [0, 0.1) is 5.92 Å². The van der Waals surface area contributed by atoms with E-state index in [1.807, 2.05) is 0 Å². The standard InChI is InChI=1S/C15H24N2/c1-3-7-13-10-14(16-2)12-17(11-13)15-8-5-4-6-9-15/h4-6,8-9,13-14,16H,3,7,10-12H2,1-2H3. The van der Waals surface area contributed by atoms with Crippen molar-refractivity contribution in [3.63, 3.8) is 0 Å². The molecule has 2 unspecified atom stereocenters. The van der Waals surface area contributed by atoms with Gasteiger partial charge in [0, 0.05) is 24.8 Å². The van der Waals surface area contributed by atoms with Gasteiger partial charge in [0.05, 0.1) is 0 Å². The van der Waals surface area contributed by atoms with Crippen LogP contribution < -0.4 is 10.2 Å². The van der Waals surface area contributed by atoms with Gasteiger partial charge in [0.2, 0.25) is 0 Å². The second kappa shape index (κ2) is 6.06. The van der Waals surface area contributed by atoms with Gasteiger partial charge in [0.25, 0.3) is 0 Å². The minimum Gasteiger partial charge on any atom is -0.370 e. The summed E-state index contributed by atoms with van der Waals surface area (Å²) in [4.78, 5) is 2.53. The summed E-state index contributed by atoms with van der Waals surface area (Å²) in [5.74, 6) is 0.839. The minimum atomic E-state index is 0.639. The highest BCUT2D eigenvalue weighted by Crippen LogP contribution is 2.25. The largest absolute Gasteiger partial charge is 0.370 e. The molecule has 0 aromatic heterocycles. The van der Waals surface area contributed by atoms with Crippen LogP contribution in [0.5, 0.6) is 0 Å². The van der Waals surface area contributed by atoms with E-state index in [-0.39, 0.29) is 0 Å². The maximum Gasteiger partial charge on any atom is 0.0366 e. The normalized spacial score (nSPS) is 24.9. The van der Waals surface area contributed by atoms with Crippen molar-refractivity contribution in [2.75, 3.05) is 25.0 Å². The Kier molecular flexibility index (Phi) is 4.43. The molecule has 1 saturated heterocycles. The van der Waals surface area contributed by atoms with Crippen LogP contribution in [0.15, 0.2) is 30.3 Å². The highest BCUT2D eigenvalue weighted by atomic mass is 15.2. The molecule has 0 aliphatic carbocycles. The Labute approximate surface area is 105 Å². The summed E-state index contributed by atoms with van der Waals surface area (Å²) >= 11 is 0. The molecule has 1 aromatic carbocycles. The van der Waals surface area contributed by atoms with Crippen LogP contribution in [0.1, 0.15) is 26.2 Å². The molecular formula is C15H24N2. The van der Waals surface area contributed by atoms with Gasteiger partial charge in [-0.15, -0.1) is 0 Å². The molecule has 0 spiro atoms. The molecule has 2 nitrogen and oxygen atoms in total. The summed E-state index contributed by atoms with van der Waals surface area (Å²) in [6.07, 6.45) is 3.97. The van der Waals surface area contributed by atoms with Gasteiger partial charge in [-0.3, -0.25) is 0 Å². The number of hydrogen-bond acceptors (Lipinski definition) is 2. The van der Waals surface area contributed by atoms with Gasteiger partial charge < -0.3 is 10.2 Å². The highest BCUT2D eigenvalue weighted by molar-refractivity contribution is 5.46. The van der Waals surface area contributed by atoms with Crippen molar-refractivity contribution in [2.24, 2.45) is 5.92 Å². The summed E-state index contributed by atoms with van der Waals surface area (Å²) in [7, 11) is 2.09. The highest BCUT2D eigenvalue weighted by Gasteiger charge is 2.25. The quantitative estimate of drug-likeness (QED) is 0.858. The lowest BCUT2D eigenvalue weighted by atomic mass is 9.90. The monoisotopic (exact) mass is 232 g/mol. The lowest BCUT2D eigenvalue weighted by Gasteiger charge is -2.39. The molecule has 2 rings (SSSR count). The zero-order chi connectivity index (χ0) is 12.1. The molecule has 94 valence electrons. The fourth-order valence-electron chi connectivity index (χ4n) is 2.88. The van der Waals surface area contributed by atoms with E-state index in [2.05, 4.69) is 54.5 Å².